The first-order chi connectivity index (χ1) is 12.1. The van der Waals surface area contributed by atoms with Crippen molar-refractivity contribution in [2.75, 3.05) is 26.0 Å². The molecule has 5 nitrogen and oxygen atoms in total. The zero-order chi connectivity index (χ0) is 19.6. The number of likely N-dealkylation sites (N-methyl/N-ethyl adjacent to an activating group) is 1. The summed E-state index contributed by atoms with van der Waals surface area (Å²) in [6.07, 6.45) is 0. The van der Waals surface area contributed by atoms with Crippen molar-refractivity contribution in [3.05, 3.63) is 52.3 Å². The van der Waals surface area contributed by atoms with E-state index in [0.29, 0.717) is 11.3 Å². The van der Waals surface area contributed by atoms with E-state index in [9.17, 15) is 9.59 Å². The Morgan fingerprint density at radius 3 is 2.19 bits per heavy atom. The number of nitrogens with one attached hydrogen (secondary N) is 2. The molecule has 0 aliphatic rings. The molecule has 26 heavy (non-hydrogen) atoms. The monoisotopic (exact) mass is 356 g/mol. The van der Waals surface area contributed by atoms with Gasteiger partial charge in [-0.3, -0.25) is 9.59 Å². The third kappa shape index (κ3) is 4.05. The van der Waals surface area contributed by atoms with Gasteiger partial charge in [-0.1, -0.05) is 12.1 Å². The predicted molar refractivity (Wildman–Crippen MR) is 105 cm³/mol. The Hall–Kier alpha value is -2.40. The molecule has 0 aliphatic carbocycles. The molecule has 0 fully saturated rings. The number of anilines is 1. The minimum Gasteiger partial charge on any atom is -0.378 e. The van der Waals surface area contributed by atoms with Gasteiger partial charge in [0.25, 0.3) is 0 Å². The Balaban J connectivity index is 2.15. The molecule has 2 aromatic rings. The highest BCUT2D eigenvalue weighted by molar-refractivity contribution is 6.04. The number of hydrogen-bond donors (Lipinski definition) is 2. The van der Waals surface area contributed by atoms with E-state index in [0.717, 1.165) is 28.4 Å². The number of hydrogen-bond acceptors (Lipinski definition) is 3. The third-order valence-electron chi connectivity index (χ3n) is 5.10. The lowest BCUT2D eigenvalue weighted by Crippen LogP contribution is -3.12. The summed E-state index contributed by atoms with van der Waals surface area (Å²) in [7, 11) is 6.06. The van der Waals surface area contributed by atoms with Crippen molar-refractivity contribution >= 4 is 17.3 Å². The molecule has 0 amide bonds. The lowest BCUT2D eigenvalue weighted by molar-refractivity contribution is -0.907. The van der Waals surface area contributed by atoms with Gasteiger partial charge in [-0.25, -0.2) is 0 Å². The van der Waals surface area contributed by atoms with E-state index in [-0.39, 0.29) is 17.6 Å². The largest absolute Gasteiger partial charge is 0.378 e. The fourth-order valence-electron chi connectivity index (χ4n) is 3.35. The molecule has 0 radical (unpaired) electrons. The van der Waals surface area contributed by atoms with Crippen LogP contribution in [0, 0.1) is 13.8 Å². The van der Waals surface area contributed by atoms with E-state index >= 15 is 0 Å². The van der Waals surface area contributed by atoms with Crippen LogP contribution in [0.4, 0.5) is 5.69 Å². The van der Waals surface area contributed by atoms with E-state index in [2.05, 4.69) is 34.1 Å². The average Bonchev–Trinajstić information content (AvgIpc) is 2.88. The van der Waals surface area contributed by atoms with Crippen LogP contribution in [0.3, 0.4) is 0 Å². The Morgan fingerprint density at radius 1 is 1.15 bits per heavy atom. The van der Waals surface area contributed by atoms with Gasteiger partial charge in [-0.15, -0.1) is 0 Å². The number of aromatic nitrogens is 1. The van der Waals surface area contributed by atoms with Crippen LogP contribution in [0.15, 0.2) is 24.3 Å². The summed E-state index contributed by atoms with van der Waals surface area (Å²) in [4.78, 5) is 31.1. The summed E-state index contributed by atoms with van der Waals surface area (Å²) in [6, 6.07) is 8.18. The van der Waals surface area contributed by atoms with Crippen LogP contribution < -0.4 is 9.80 Å². The van der Waals surface area contributed by atoms with Crippen LogP contribution in [0.5, 0.6) is 0 Å². The number of benzene rings is 1. The molecule has 1 aromatic heterocycles. The normalized spacial score (nSPS) is 13.3. The number of aromatic amines is 1. The van der Waals surface area contributed by atoms with Gasteiger partial charge < -0.3 is 14.8 Å². The van der Waals surface area contributed by atoms with E-state index in [1.807, 2.05) is 41.9 Å². The SMILES string of the molecule is CC(=O)c1c(C)[nH]c(C(=O)[C@H](C)[NH+](C)Cc2ccc(N(C)C)cc2)c1C. The lowest BCUT2D eigenvalue weighted by atomic mass is 10.0. The molecule has 0 saturated heterocycles. The third-order valence-corrected chi connectivity index (χ3v) is 5.10. The molecule has 2 rings (SSSR count). The summed E-state index contributed by atoms with van der Waals surface area (Å²) in [6.45, 7) is 7.92. The molecule has 1 heterocycles. The number of quaternary nitrogens is 1. The van der Waals surface area contributed by atoms with Gasteiger partial charge in [0, 0.05) is 36.6 Å². The van der Waals surface area contributed by atoms with Crippen molar-refractivity contribution < 1.29 is 14.5 Å². The molecular formula is C21H30N3O2+. The zero-order valence-electron chi connectivity index (χ0n) is 16.9. The summed E-state index contributed by atoms with van der Waals surface area (Å²) in [5.41, 5.74) is 5.07. The predicted octanol–water partition coefficient (Wildman–Crippen LogP) is 2.19. The van der Waals surface area contributed by atoms with Gasteiger partial charge in [0.2, 0.25) is 5.78 Å². The van der Waals surface area contributed by atoms with Crippen LogP contribution in [-0.4, -0.2) is 43.7 Å². The van der Waals surface area contributed by atoms with Crippen LogP contribution in [-0.2, 0) is 6.54 Å². The highest BCUT2D eigenvalue weighted by Crippen LogP contribution is 2.19. The molecule has 1 aromatic carbocycles. The minimum absolute atomic E-state index is 0.00960. The standard InChI is InChI=1S/C21H29N3O2/c1-13-19(16(4)25)14(2)22-20(13)21(26)15(3)24(7)12-17-8-10-18(11-9-17)23(5)6/h8-11,15,22H,12H2,1-7H3/p+1/t15-/m0/s1. The maximum Gasteiger partial charge on any atom is 0.235 e. The van der Waals surface area contributed by atoms with Crippen LogP contribution >= 0.6 is 0 Å². The van der Waals surface area contributed by atoms with Gasteiger partial charge in [0.1, 0.15) is 6.54 Å². The molecule has 2 atom stereocenters. The number of ketones is 2. The molecule has 0 aliphatic heterocycles. The second kappa shape index (κ2) is 7.87. The molecule has 0 saturated carbocycles. The van der Waals surface area contributed by atoms with Crippen molar-refractivity contribution in [1.29, 1.82) is 0 Å². The van der Waals surface area contributed by atoms with Crippen LogP contribution in [0.2, 0.25) is 0 Å². The van der Waals surface area contributed by atoms with E-state index in [4.69, 9.17) is 0 Å². The second-order valence-electron chi connectivity index (χ2n) is 7.35. The van der Waals surface area contributed by atoms with Gasteiger partial charge in [-0.05, 0) is 45.4 Å². The number of H-pyrrole nitrogens is 1. The fraction of sp³-hybridized carbons (Fsp3) is 0.429. The smallest absolute Gasteiger partial charge is 0.235 e. The lowest BCUT2D eigenvalue weighted by Gasteiger charge is -2.21. The number of carbonyl (C=O) groups excluding carboxylic acids is 2. The molecule has 2 N–H and O–H groups in total. The molecule has 5 heteroatoms. The van der Waals surface area contributed by atoms with Gasteiger partial charge in [-0.2, -0.15) is 0 Å². The van der Waals surface area contributed by atoms with Crippen LogP contribution in [0.25, 0.3) is 0 Å². The quantitative estimate of drug-likeness (QED) is 0.748. The summed E-state index contributed by atoms with van der Waals surface area (Å²) >= 11 is 0. The Kier molecular flexibility index (Phi) is 6.03. The summed E-state index contributed by atoms with van der Waals surface area (Å²) in [5.74, 6) is 0.0325. The van der Waals surface area contributed by atoms with E-state index in [1.165, 1.54) is 12.5 Å². The molecule has 0 spiro atoms. The Morgan fingerprint density at radius 2 is 1.73 bits per heavy atom. The first-order valence-corrected chi connectivity index (χ1v) is 8.96. The average molecular weight is 356 g/mol. The molecule has 0 bridgehead atoms. The molecule has 1 unspecified atom stereocenters. The number of Topliss-reactive ketones (excluding diaryl/α,β-unsaturated/α-hetero) is 2. The number of rotatable bonds is 7. The van der Waals surface area contributed by atoms with Crippen molar-refractivity contribution in [2.45, 2.75) is 40.3 Å². The fourth-order valence-corrected chi connectivity index (χ4v) is 3.35. The zero-order valence-corrected chi connectivity index (χ0v) is 16.9. The second-order valence-corrected chi connectivity index (χ2v) is 7.35. The highest BCUT2D eigenvalue weighted by atomic mass is 16.1. The van der Waals surface area contributed by atoms with E-state index < -0.39 is 0 Å². The van der Waals surface area contributed by atoms with Crippen molar-refractivity contribution in [3.8, 4) is 0 Å². The molecular weight excluding hydrogens is 326 g/mol. The van der Waals surface area contributed by atoms with Crippen molar-refractivity contribution in [2.24, 2.45) is 0 Å². The Labute approximate surface area is 156 Å². The summed E-state index contributed by atoms with van der Waals surface area (Å²) < 4.78 is 0. The first kappa shape index (κ1) is 19.9. The number of aryl methyl sites for hydroxylation is 1. The van der Waals surface area contributed by atoms with E-state index in [1.54, 1.807) is 0 Å². The van der Waals surface area contributed by atoms with Gasteiger partial charge >= 0.3 is 0 Å². The van der Waals surface area contributed by atoms with Crippen molar-refractivity contribution in [3.63, 3.8) is 0 Å². The maximum absolute atomic E-state index is 13.0. The topological polar surface area (TPSA) is 57.6 Å². The number of nitrogens with zero attached hydrogens (tertiary/aromatic N) is 1. The first-order valence-electron chi connectivity index (χ1n) is 8.96. The highest BCUT2D eigenvalue weighted by Gasteiger charge is 2.28. The molecule has 140 valence electrons. The minimum atomic E-state index is -0.208. The maximum atomic E-state index is 13.0. The summed E-state index contributed by atoms with van der Waals surface area (Å²) in [5, 5.41) is 0. The van der Waals surface area contributed by atoms with Gasteiger partial charge in [0.15, 0.2) is 11.8 Å². The van der Waals surface area contributed by atoms with Gasteiger partial charge in [0.05, 0.1) is 12.7 Å². The number of carbonyl (C=O) groups is 2. The van der Waals surface area contributed by atoms with Crippen molar-refractivity contribution in [1.82, 2.24) is 4.98 Å². The van der Waals surface area contributed by atoms with Crippen LogP contribution in [0.1, 0.15) is 51.5 Å². The Bertz CT molecular complexity index is 803.